The summed E-state index contributed by atoms with van der Waals surface area (Å²) < 4.78 is 25.2. The van der Waals surface area contributed by atoms with Crippen LogP contribution in [-0.4, -0.2) is 14.3 Å². The van der Waals surface area contributed by atoms with E-state index in [1.54, 1.807) is 24.3 Å². The quantitative estimate of drug-likeness (QED) is 0.762. The Balaban J connectivity index is 2.48. The maximum Gasteiger partial charge on any atom is 0.260 e. The highest BCUT2D eigenvalue weighted by Crippen LogP contribution is 2.26. The van der Waals surface area contributed by atoms with Crippen molar-refractivity contribution in [1.29, 1.82) is 0 Å². The molecule has 8 heteroatoms. The lowest BCUT2D eigenvalue weighted by Crippen LogP contribution is -2.22. The number of hydrogen-bond acceptors (Lipinski definition) is 3. The van der Waals surface area contributed by atoms with Gasteiger partial charge in [0.2, 0.25) is 0 Å². The summed E-state index contributed by atoms with van der Waals surface area (Å²) in [6.45, 7) is 0. The largest absolute Gasteiger partial charge is 0.365 e. The van der Waals surface area contributed by atoms with Gasteiger partial charge in [0.15, 0.2) is 9.84 Å². The predicted octanol–water partition coefficient (Wildman–Crippen LogP) is 4.09. The number of amides is 1. The van der Waals surface area contributed by atoms with Crippen LogP contribution in [0.4, 0.5) is 0 Å². The maximum atomic E-state index is 12.6. The molecule has 0 saturated carbocycles. The first-order valence-electron chi connectivity index (χ1n) is 6.63. The standard InChI is InChI=1S/C16H12Cl3NO3S/c17-12-6-5-10(14(19)8-12)7-15(16(20)21)24(22,23)9-11-3-1-2-4-13(11)18/h1-8H,9H2,(H2,20,21)/b15-7+. The molecule has 2 rings (SSSR count). The lowest BCUT2D eigenvalue weighted by Gasteiger charge is -2.08. The van der Waals surface area contributed by atoms with E-state index < -0.39 is 26.4 Å². The van der Waals surface area contributed by atoms with Crippen molar-refractivity contribution in [2.75, 3.05) is 0 Å². The zero-order valence-corrected chi connectivity index (χ0v) is 15.3. The van der Waals surface area contributed by atoms with E-state index in [4.69, 9.17) is 40.5 Å². The molecule has 0 heterocycles. The van der Waals surface area contributed by atoms with Crippen LogP contribution in [0.1, 0.15) is 11.1 Å². The smallest absolute Gasteiger partial charge is 0.260 e. The Morgan fingerprint density at radius 2 is 1.71 bits per heavy atom. The highest BCUT2D eigenvalue weighted by atomic mass is 35.5. The Morgan fingerprint density at radius 1 is 1.04 bits per heavy atom. The first-order valence-corrected chi connectivity index (χ1v) is 9.42. The fourth-order valence-corrected chi connectivity index (χ4v) is 4.15. The van der Waals surface area contributed by atoms with Gasteiger partial charge in [0.25, 0.3) is 5.91 Å². The molecular formula is C16H12Cl3NO3S. The van der Waals surface area contributed by atoms with Crippen molar-refractivity contribution in [2.24, 2.45) is 5.73 Å². The number of benzene rings is 2. The van der Waals surface area contributed by atoms with Crippen molar-refractivity contribution < 1.29 is 13.2 Å². The van der Waals surface area contributed by atoms with E-state index in [2.05, 4.69) is 0 Å². The number of carbonyl (C=O) groups is 1. The molecule has 0 aliphatic heterocycles. The number of primary amides is 1. The molecule has 1 amide bonds. The molecule has 0 radical (unpaired) electrons. The van der Waals surface area contributed by atoms with Crippen LogP contribution in [0, 0.1) is 0 Å². The number of rotatable bonds is 5. The molecule has 2 aromatic rings. The van der Waals surface area contributed by atoms with Gasteiger partial charge in [-0.25, -0.2) is 8.42 Å². The molecular weight excluding hydrogens is 393 g/mol. The highest BCUT2D eigenvalue weighted by Gasteiger charge is 2.24. The van der Waals surface area contributed by atoms with E-state index in [0.29, 0.717) is 16.1 Å². The number of halogens is 3. The van der Waals surface area contributed by atoms with Crippen LogP contribution < -0.4 is 5.73 Å². The van der Waals surface area contributed by atoms with Gasteiger partial charge in [-0.2, -0.15) is 0 Å². The summed E-state index contributed by atoms with van der Waals surface area (Å²) in [4.78, 5) is 11.1. The second kappa shape index (κ2) is 7.57. The average molecular weight is 405 g/mol. The van der Waals surface area contributed by atoms with Crippen molar-refractivity contribution in [3.8, 4) is 0 Å². The topological polar surface area (TPSA) is 77.2 Å². The Labute approximate surface area is 154 Å². The third-order valence-corrected chi connectivity index (χ3v) is 5.74. The van der Waals surface area contributed by atoms with E-state index in [0.717, 1.165) is 6.08 Å². The van der Waals surface area contributed by atoms with Gasteiger partial charge in [0, 0.05) is 15.1 Å². The van der Waals surface area contributed by atoms with Crippen molar-refractivity contribution in [3.63, 3.8) is 0 Å². The number of hydrogen-bond donors (Lipinski definition) is 1. The third-order valence-electron chi connectivity index (χ3n) is 3.13. The van der Waals surface area contributed by atoms with Crippen LogP contribution in [0.2, 0.25) is 15.1 Å². The monoisotopic (exact) mass is 403 g/mol. The number of nitrogens with two attached hydrogens (primary N) is 1. The van der Waals surface area contributed by atoms with Gasteiger partial charge >= 0.3 is 0 Å². The van der Waals surface area contributed by atoms with Gasteiger partial charge in [-0.3, -0.25) is 4.79 Å². The van der Waals surface area contributed by atoms with Crippen molar-refractivity contribution >= 4 is 56.6 Å². The fourth-order valence-electron chi connectivity index (χ4n) is 1.97. The Bertz CT molecular complexity index is 924. The van der Waals surface area contributed by atoms with E-state index in [1.165, 1.54) is 18.2 Å². The Kier molecular flexibility index (Phi) is 5.93. The Morgan fingerprint density at radius 3 is 2.29 bits per heavy atom. The minimum atomic E-state index is -4.01. The fraction of sp³-hybridized carbons (Fsp3) is 0.0625. The molecule has 0 saturated heterocycles. The second-order valence-electron chi connectivity index (χ2n) is 4.89. The van der Waals surface area contributed by atoms with Crippen LogP contribution in [-0.2, 0) is 20.4 Å². The molecule has 0 unspecified atom stereocenters. The van der Waals surface area contributed by atoms with Gasteiger partial charge in [-0.05, 0) is 35.4 Å². The highest BCUT2D eigenvalue weighted by molar-refractivity contribution is 7.95. The molecule has 2 aromatic carbocycles. The molecule has 0 atom stereocenters. The van der Waals surface area contributed by atoms with Crippen LogP contribution in [0.15, 0.2) is 47.4 Å². The lowest BCUT2D eigenvalue weighted by molar-refractivity contribution is -0.113. The first kappa shape index (κ1) is 18.8. The maximum absolute atomic E-state index is 12.6. The van der Waals surface area contributed by atoms with Crippen LogP contribution >= 0.6 is 34.8 Å². The molecule has 4 nitrogen and oxygen atoms in total. The summed E-state index contributed by atoms with van der Waals surface area (Å²) in [5.41, 5.74) is 5.94. The summed E-state index contributed by atoms with van der Waals surface area (Å²) in [5.74, 6) is -1.53. The molecule has 0 aromatic heterocycles. The van der Waals surface area contributed by atoms with Crippen LogP contribution in [0.5, 0.6) is 0 Å². The molecule has 0 bridgehead atoms. The second-order valence-corrected chi connectivity index (χ2v) is 8.10. The van der Waals surface area contributed by atoms with Gasteiger partial charge in [-0.15, -0.1) is 0 Å². The molecule has 0 aliphatic rings. The number of carbonyl (C=O) groups excluding carboxylic acids is 1. The SMILES string of the molecule is NC(=O)/C(=C\c1ccc(Cl)cc1Cl)S(=O)(=O)Cc1ccccc1Cl. The van der Waals surface area contributed by atoms with Crippen molar-refractivity contribution in [2.45, 2.75) is 5.75 Å². The van der Waals surface area contributed by atoms with E-state index in [1.807, 2.05) is 0 Å². The van der Waals surface area contributed by atoms with E-state index in [-0.39, 0.29) is 10.0 Å². The zero-order chi connectivity index (χ0) is 17.9. The van der Waals surface area contributed by atoms with Crippen molar-refractivity contribution in [1.82, 2.24) is 0 Å². The summed E-state index contributed by atoms with van der Waals surface area (Å²) in [7, 11) is -4.01. The molecule has 126 valence electrons. The van der Waals surface area contributed by atoms with Crippen molar-refractivity contribution in [3.05, 3.63) is 73.6 Å². The molecule has 24 heavy (non-hydrogen) atoms. The van der Waals surface area contributed by atoms with Gasteiger partial charge < -0.3 is 5.73 Å². The third kappa shape index (κ3) is 4.51. The predicted molar refractivity (Wildman–Crippen MR) is 97.7 cm³/mol. The average Bonchev–Trinajstić information content (AvgIpc) is 2.48. The van der Waals surface area contributed by atoms with Crippen LogP contribution in [0.3, 0.4) is 0 Å². The molecule has 0 spiro atoms. The normalized spacial score (nSPS) is 12.2. The lowest BCUT2D eigenvalue weighted by atomic mass is 10.2. The van der Waals surface area contributed by atoms with Gasteiger partial charge in [-0.1, -0.05) is 59.1 Å². The zero-order valence-electron chi connectivity index (χ0n) is 12.2. The molecule has 0 aliphatic carbocycles. The van der Waals surface area contributed by atoms with Crippen LogP contribution in [0.25, 0.3) is 6.08 Å². The Hall–Kier alpha value is -1.53. The number of sulfone groups is 1. The van der Waals surface area contributed by atoms with E-state index >= 15 is 0 Å². The summed E-state index contributed by atoms with van der Waals surface area (Å²) in [6, 6.07) is 10.9. The summed E-state index contributed by atoms with van der Waals surface area (Å²) >= 11 is 17.8. The van der Waals surface area contributed by atoms with Gasteiger partial charge in [0.1, 0.15) is 4.91 Å². The molecule has 2 N–H and O–H groups in total. The van der Waals surface area contributed by atoms with Gasteiger partial charge in [0.05, 0.1) is 5.75 Å². The minimum absolute atomic E-state index is 0.203. The summed E-state index contributed by atoms with van der Waals surface area (Å²) in [5, 5.41) is 0.875. The van der Waals surface area contributed by atoms with E-state index in [9.17, 15) is 13.2 Å². The molecule has 0 fully saturated rings. The first-order chi connectivity index (χ1) is 11.2. The minimum Gasteiger partial charge on any atom is -0.365 e. The summed E-state index contributed by atoms with van der Waals surface area (Å²) in [6.07, 6.45) is 1.13.